The van der Waals surface area contributed by atoms with Crippen LogP contribution in [0.1, 0.15) is 23.6 Å². The van der Waals surface area contributed by atoms with Crippen LogP contribution in [0.4, 0.5) is 13.2 Å². The predicted molar refractivity (Wildman–Crippen MR) is 73.8 cm³/mol. The summed E-state index contributed by atoms with van der Waals surface area (Å²) in [7, 11) is 0. The zero-order valence-electron chi connectivity index (χ0n) is 11.2. The Labute approximate surface area is 120 Å². The highest BCUT2D eigenvalue weighted by Gasteiger charge is 2.31. The standard InChI is InChI=1S/C16H14F3NO/c17-16(18,19)21-11-6-4-10(5-7-11)12-2-1-3-14-13(12)8-9-15(14)20/h1-7,15H,8-9,20H2. The van der Waals surface area contributed by atoms with Crippen LogP contribution in [-0.2, 0) is 6.42 Å². The van der Waals surface area contributed by atoms with Crippen LogP contribution in [0.25, 0.3) is 11.1 Å². The summed E-state index contributed by atoms with van der Waals surface area (Å²) >= 11 is 0. The number of halogens is 3. The molecule has 0 spiro atoms. The minimum Gasteiger partial charge on any atom is -0.406 e. The SMILES string of the molecule is NC1CCc2c(-c3ccc(OC(F)(F)F)cc3)cccc21. The minimum atomic E-state index is -4.66. The van der Waals surface area contributed by atoms with Gasteiger partial charge in [0.15, 0.2) is 0 Å². The first kappa shape index (κ1) is 13.9. The molecule has 2 aromatic carbocycles. The summed E-state index contributed by atoms with van der Waals surface area (Å²) in [6.45, 7) is 0. The summed E-state index contributed by atoms with van der Waals surface area (Å²) < 4.78 is 40.3. The van der Waals surface area contributed by atoms with Crippen molar-refractivity contribution in [3.05, 3.63) is 53.6 Å². The molecule has 3 rings (SSSR count). The lowest BCUT2D eigenvalue weighted by Gasteiger charge is -2.12. The van der Waals surface area contributed by atoms with Crippen LogP contribution in [0, 0.1) is 0 Å². The molecule has 0 bridgehead atoms. The fourth-order valence-electron chi connectivity index (χ4n) is 2.79. The third-order valence-electron chi connectivity index (χ3n) is 3.72. The Kier molecular flexibility index (Phi) is 3.37. The number of alkyl halides is 3. The molecule has 1 aliphatic carbocycles. The quantitative estimate of drug-likeness (QED) is 0.900. The van der Waals surface area contributed by atoms with E-state index in [1.54, 1.807) is 12.1 Å². The fraction of sp³-hybridized carbons (Fsp3) is 0.250. The average Bonchev–Trinajstić information content (AvgIpc) is 2.80. The summed E-state index contributed by atoms with van der Waals surface area (Å²) in [5.74, 6) is -0.212. The molecule has 2 nitrogen and oxygen atoms in total. The van der Waals surface area contributed by atoms with Crippen LogP contribution < -0.4 is 10.5 Å². The van der Waals surface area contributed by atoms with Crippen molar-refractivity contribution in [1.29, 1.82) is 0 Å². The molecule has 0 saturated carbocycles. The molecule has 1 unspecified atom stereocenters. The Morgan fingerprint density at radius 3 is 2.43 bits per heavy atom. The topological polar surface area (TPSA) is 35.2 Å². The molecule has 0 aromatic heterocycles. The maximum atomic E-state index is 12.2. The molecule has 0 fully saturated rings. The average molecular weight is 293 g/mol. The Morgan fingerprint density at radius 1 is 1.05 bits per heavy atom. The number of hydrogen-bond donors (Lipinski definition) is 1. The van der Waals surface area contributed by atoms with Gasteiger partial charge in [-0.25, -0.2) is 0 Å². The normalized spacial score (nSPS) is 17.6. The van der Waals surface area contributed by atoms with E-state index in [-0.39, 0.29) is 11.8 Å². The largest absolute Gasteiger partial charge is 0.573 e. The lowest BCUT2D eigenvalue weighted by molar-refractivity contribution is -0.274. The zero-order valence-corrected chi connectivity index (χ0v) is 11.2. The predicted octanol–water partition coefficient (Wildman–Crippen LogP) is 4.20. The highest BCUT2D eigenvalue weighted by molar-refractivity contribution is 5.70. The summed E-state index contributed by atoms with van der Waals surface area (Å²) in [4.78, 5) is 0. The van der Waals surface area contributed by atoms with Gasteiger partial charge in [-0.05, 0) is 47.2 Å². The van der Waals surface area contributed by atoms with Gasteiger partial charge >= 0.3 is 6.36 Å². The second-order valence-electron chi connectivity index (χ2n) is 5.09. The molecule has 21 heavy (non-hydrogen) atoms. The van der Waals surface area contributed by atoms with Crippen LogP contribution in [0.2, 0.25) is 0 Å². The van der Waals surface area contributed by atoms with Crippen LogP contribution >= 0.6 is 0 Å². The zero-order chi connectivity index (χ0) is 15.0. The van der Waals surface area contributed by atoms with Crippen LogP contribution in [0.3, 0.4) is 0 Å². The Balaban J connectivity index is 1.92. The first-order valence-electron chi connectivity index (χ1n) is 6.67. The van der Waals surface area contributed by atoms with Crippen molar-refractivity contribution in [2.24, 2.45) is 5.73 Å². The molecule has 5 heteroatoms. The number of fused-ring (bicyclic) bond motifs is 1. The van der Waals surface area contributed by atoms with E-state index in [4.69, 9.17) is 5.73 Å². The van der Waals surface area contributed by atoms with Crippen molar-refractivity contribution in [2.45, 2.75) is 25.2 Å². The highest BCUT2D eigenvalue weighted by atomic mass is 19.4. The van der Waals surface area contributed by atoms with Crippen molar-refractivity contribution in [3.63, 3.8) is 0 Å². The first-order valence-corrected chi connectivity index (χ1v) is 6.67. The van der Waals surface area contributed by atoms with E-state index in [0.29, 0.717) is 0 Å². The summed E-state index contributed by atoms with van der Waals surface area (Å²) in [6.07, 6.45) is -2.86. The van der Waals surface area contributed by atoms with Gasteiger partial charge in [-0.1, -0.05) is 30.3 Å². The molecule has 1 atom stereocenters. The van der Waals surface area contributed by atoms with Gasteiger partial charge < -0.3 is 10.5 Å². The number of hydrogen-bond acceptors (Lipinski definition) is 2. The van der Waals surface area contributed by atoms with Gasteiger partial charge in [-0.15, -0.1) is 13.2 Å². The summed E-state index contributed by atoms with van der Waals surface area (Å²) in [6, 6.07) is 11.9. The van der Waals surface area contributed by atoms with Crippen LogP contribution in [-0.4, -0.2) is 6.36 Å². The van der Waals surface area contributed by atoms with Crippen LogP contribution in [0.5, 0.6) is 5.75 Å². The lowest BCUT2D eigenvalue weighted by atomic mass is 9.96. The van der Waals surface area contributed by atoms with E-state index in [1.807, 2.05) is 18.2 Å². The van der Waals surface area contributed by atoms with E-state index in [1.165, 1.54) is 17.7 Å². The molecular formula is C16H14F3NO. The molecule has 0 heterocycles. The maximum Gasteiger partial charge on any atom is 0.573 e. The van der Waals surface area contributed by atoms with Gasteiger partial charge in [0, 0.05) is 6.04 Å². The van der Waals surface area contributed by atoms with Gasteiger partial charge in [-0.3, -0.25) is 0 Å². The smallest absolute Gasteiger partial charge is 0.406 e. The van der Waals surface area contributed by atoms with E-state index >= 15 is 0 Å². The number of ether oxygens (including phenoxy) is 1. The van der Waals surface area contributed by atoms with Crippen molar-refractivity contribution in [3.8, 4) is 16.9 Å². The van der Waals surface area contributed by atoms with Crippen molar-refractivity contribution >= 4 is 0 Å². The van der Waals surface area contributed by atoms with Gasteiger partial charge in [0.2, 0.25) is 0 Å². The molecular weight excluding hydrogens is 279 g/mol. The Bertz CT molecular complexity index is 650. The third-order valence-corrected chi connectivity index (χ3v) is 3.72. The molecule has 2 N–H and O–H groups in total. The Morgan fingerprint density at radius 2 is 1.76 bits per heavy atom. The van der Waals surface area contributed by atoms with Gasteiger partial charge in [0.25, 0.3) is 0 Å². The summed E-state index contributed by atoms with van der Waals surface area (Å²) in [5.41, 5.74) is 10.3. The molecule has 0 amide bonds. The fourth-order valence-corrected chi connectivity index (χ4v) is 2.79. The molecule has 0 aliphatic heterocycles. The van der Waals surface area contributed by atoms with E-state index in [9.17, 15) is 13.2 Å². The minimum absolute atomic E-state index is 0.0489. The van der Waals surface area contributed by atoms with E-state index < -0.39 is 6.36 Å². The molecule has 1 aliphatic rings. The first-order chi connectivity index (χ1) is 9.94. The highest BCUT2D eigenvalue weighted by Crippen LogP contribution is 2.37. The third kappa shape index (κ3) is 2.88. The molecule has 2 aromatic rings. The van der Waals surface area contributed by atoms with Gasteiger partial charge in [-0.2, -0.15) is 0 Å². The second kappa shape index (κ2) is 5.07. The second-order valence-corrected chi connectivity index (χ2v) is 5.09. The van der Waals surface area contributed by atoms with Gasteiger partial charge in [0.05, 0.1) is 0 Å². The van der Waals surface area contributed by atoms with Crippen molar-refractivity contribution < 1.29 is 17.9 Å². The van der Waals surface area contributed by atoms with Gasteiger partial charge in [0.1, 0.15) is 5.75 Å². The molecule has 0 radical (unpaired) electrons. The maximum absolute atomic E-state index is 12.2. The number of rotatable bonds is 2. The van der Waals surface area contributed by atoms with E-state index in [0.717, 1.165) is 29.5 Å². The lowest BCUT2D eigenvalue weighted by Crippen LogP contribution is -2.16. The van der Waals surface area contributed by atoms with Crippen molar-refractivity contribution in [1.82, 2.24) is 0 Å². The van der Waals surface area contributed by atoms with Crippen LogP contribution in [0.15, 0.2) is 42.5 Å². The van der Waals surface area contributed by atoms with Crippen molar-refractivity contribution in [2.75, 3.05) is 0 Å². The summed E-state index contributed by atoms with van der Waals surface area (Å²) in [5, 5.41) is 0. The number of benzene rings is 2. The molecule has 0 saturated heterocycles. The Hall–Kier alpha value is -2.01. The number of nitrogens with two attached hydrogens (primary N) is 1. The molecule has 110 valence electrons. The monoisotopic (exact) mass is 293 g/mol. The van der Waals surface area contributed by atoms with E-state index in [2.05, 4.69) is 4.74 Å².